The first-order chi connectivity index (χ1) is 13.8. The Labute approximate surface area is 172 Å². The third-order valence-corrected chi connectivity index (χ3v) is 5.13. The maximum absolute atomic E-state index is 15.2. The molecule has 0 unspecified atom stereocenters. The molecule has 29 heavy (non-hydrogen) atoms. The van der Waals surface area contributed by atoms with E-state index in [2.05, 4.69) is 41.7 Å². The number of pyridine rings is 1. The van der Waals surface area contributed by atoms with Crippen LogP contribution >= 0.6 is 0 Å². The standard InChI is InChI=1S/C22H31FN6/c1-8-10-28(11-9-2)22-20(23)16(5)25-21-19(15(4)26-29(21)22)17-13-24-18(27(6)7)12-14(17)3/h12-13H,8-11H2,1-7H3. The molecule has 0 saturated carbocycles. The van der Waals surface area contributed by atoms with Gasteiger partial charge in [0, 0.05) is 38.9 Å². The number of aryl methyl sites for hydroxylation is 3. The first-order valence-corrected chi connectivity index (χ1v) is 10.2. The summed E-state index contributed by atoms with van der Waals surface area (Å²) >= 11 is 0. The normalized spacial score (nSPS) is 11.3. The average molecular weight is 399 g/mol. The van der Waals surface area contributed by atoms with Gasteiger partial charge < -0.3 is 9.80 Å². The van der Waals surface area contributed by atoms with Crippen molar-refractivity contribution in [2.45, 2.75) is 47.5 Å². The molecule has 3 aromatic rings. The van der Waals surface area contributed by atoms with Crippen LogP contribution in [0, 0.1) is 26.6 Å². The van der Waals surface area contributed by atoms with E-state index in [1.807, 2.05) is 32.1 Å². The molecule has 0 amide bonds. The maximum atomic E-state index is 15.2. The van der Waals surface area contributed by atoms with E-state index in [1.165, 1.54) is 0 Å². The van der Waals surface area contributed by atoms with Crippen LogP contribution in [-0.2, 0) is 0 Å². The second-order valence-corrected chi connectivity index (χ2v) is 7.77. The summed E-state index contributed by atoms with van der Waals surface area (Å²) < 4.78 is 16.9. The van der Waals surface area contributed by atoms with Crippen LogP contribution in [0.15, 0.2) is 12.3 Å². The molecule has 0 aromatic carbocycles. The maximum Gasteiger partial charge on any atom is 0.186 e. The van der Waals surface area contributed by atoms with E-state index >= 15 is 4.39 Å². The topological polar surface area (TPSA) is 49.6 Å². The minimum Gasteiger partial charge on any atom is -0.363 e. The molecule has 0 radical (unpaired) electrons. The number of hydrogen-bond donors (Lipinski definition) is 0. The fraction of sp³-hybridized carbons (Fsp3) is 0.500. The second-order valence-electron chi connectivity index (χ2n) is 7.77. The van der Waals surface area contributed by atoms with Crippen LogP contribution < -0.4 is 9.80 Å². The molecular weight excluding hydrogens is 367 g/mol. The average Bonchev–Trinajstić information content (AvgIpc) is 2.98. The number of hydrogen-bond acceptors (Lipinski definition) is 5. The molecular formula is C22H31FN6. The first kappa shape index (κ1) is 21.0. The van der Waals surface area contributed by atoms with Crippen LogP contribution in [0.2, 0.25) is 0 Å². The number of halogens is 1. The summed E-state index contributed by atoms with van der Waals surface area (Å²) in [5.41, 5.74) is 4.87. The van der Waals surface area contributed by atoms with E-state index in [9.17, 15) is 0 Å². The highest BCUT2D eigenvalue weighted by molar-refractivity contribution is 5.83. The molecule has 0 bridgehead atoms. The highest BCUT2D eigenvalue weighted by Crippen LogP contribution is 2.34. The zero-order valence-corrected chi connectivity index (χ0v) is 18.5. The van der Waals surface area contributed by atoms with Gasteiger partial charge in [0.2, 0.25) is 0 Å². The van der Waals surface area contributed by atoms with Gasteiger partial charge >= 0.3 is 0 Å². The number of aromatic nitrogens is 4. The highest BCUT2D eigenvalue weighted by Gasteiger charge is 2.24. The van der Waals surface area contributed by atoms with Gasteiger partial charge in [0.05, 0.1) is 17.0 Å². The fourth-order valence-electron chi connectivity index (χ4n) is 3.73. The largest absolute Gasteiger partial charge is 0.363 e. The molecule has 0 spiro atoms. The Balaban J connectivity index is 2.28. The molecule has 0 aliphatic carbocycles. The second kappa shape index (κ2) is 8.35. The van der Waals surface area contributed by atoms with Gasteiger partial charge in [0.1, 0.15) is 5.82 Å². The van der Waals surface area contributed by atoms with Crippen molar-refractivity contribution in [3.8, 4) is 11.1 Å². The number of anilines is 2. The van der Waals surface area contributed by atoms with E-state index in [1.54, 1.807) is 11.4 Å². The quantitative estimate of drug-likeness (QED) is 0.584. The smallest absolute Gasteiger partial charge is 0.186 e. The molecule has 0 aliphatic heterocycles. The Morgan fingerprint density at radius 2 is 1.69 bits per heavy atom. The van der Waals surface area contributed by atoms with Crippen molar-refractivity contribution < 1.29 is 4.39 Å². The third-order valence-electron chi connectivity index (χ3n) is 5.13. The van der Waals surface area contributed by atoms with Gasteiger partial charge in [-0.05, 0) is 45.2 Å². The predicted molar refractivity (Wildman–Crippen MR) is 118 cm³/mol. The van der Waals surface area contributed by atoms with Gasteiger partial charge in [-0.3, -0.25) is 0 Å². The first-order valence-electron chi connectivity index (χ1n) is 10.2. The van der Waals surface area contributed by atoms with Crippen molar-refractivity contribution in [2.75, 3.05) is 37.0 Å². The van der Waals surface area contributed by atoms with E-state index in [0.717, 1.165) is 54.1 Å². The van der Waals surface area contributed by atoms with Crippen LogP contribution in [0.5, 0.6) is 0 Å². The van der Waals surface area contributed by atoms with E-state index < -0.39 is 0 Å². The zero-order chi connectivity index (χ0) is 21.3. The minimum atomic E-state index is -0.300. The molecule has 0 fully saturated rings. The van der Waals surface area contributed by atoms with Crippen molar-refractivity contribution in [3.63, 3.8) is 0 Å². The number of fused-ring (bicyclic) bond motifs is 1. The van der Waals surface area contributed by atoms with Crippen molar-refractivity contribution in [3.05, 3.63) is 35.0 Å². The molecule has 6 nitrogen and oxygen atoms in total. The lowest BCUT2D eigenvalue weighted by Crippen LogP contribution is -2.29. The minimum absolute atomic E-state index is 0.300. The fourth-order valence-corrected chi connectivity index (χ4v) is 3.73. The van der Waals surface area contributed by atoms with Crippen LogP contribution in [0.1, 0.15) is 43.6 Å². The van der Waals surface area contributed by atoms with Crippen molar-refractivity contribution in [1.29, 1.82) is 0 Å². The van der Waals surface area contributed by atoms with Crippen LogP contribution in [-0.4, -0.2) is 46.8 Å². The monoisotopic (exact) mass is 398 g/mol. The lowest BCUT2D eigenvalue weighted by Gasteiger charge is -2.25. The Bertz CT molecular complexity index is 1020. The molecule has 3 aromatic heterocycles. The zero-order valence-electron chi connectivity index (χ0n) is 18.5. The summed E-state index contributed by atoms with van der Waals surface area (Å²) in [5.74, 6) is 1.10. The summed E-state index contributed by atoms with van der Waals surface area (Å²) in [6, 6.07) is 2.05. The van der Waals surface area contributed by atoms with Gasteiger partial charge in [-0.15, -0.1) is 0 Å². The molecule has 3 rings (SSSR count). The molecule has 0 atom stereocenters. The molecule has 7 heteroatoms. The lowest BCUT2D eigenvalue weighted by atomic mass is 10.0. The summed E-state index contributed by atoms with van der Waals surface area (Å²) in [7, 11) is 3.94. The van der Waals surface area contributed by atoms with Gasteiger partial charge in [-0.25, -0.2) is 14.4 Å². The van der Waals surface area contributed by atoms with Gasteiger partial charge in [-0.1, -0.05) is 13.8 Å². The van der Waals surface area contributed by atoms with Gasteiger partial charge in [0.15, 0.2) is 17.3 Å². The summed E-state index contributed by atoms with van der Waals surface area (Å²) in [5, 5.41) is 4.71. The van der Waals surface area contributed by atoms with Gasteiger partial charge in [0.25, 0.3) is 0 Å². The summed E-state index contributed by atoms with van der Waals surface area (Å²) in [6.45, 7) is 11.5. The van der Waals surface area contributed by atoms with Crippen molar-refractivity contribution >= 4 is 17.3 Å². The van der Waals surface area contributed by atoms with Gasteiger partial charge in [-0.2, -0.15) is 9.61 Å². The third kappa shape index (κ3) is 3.78. The highest BCUT2D eigenvalue weighted by atomic mass is 19.1. The predicted octanol–water partition coefficient (Wildman–Crippen LogP) is 4.55. The summed E-state index contributed by atoms with van der Waals surface area (Å²) in [4.78, 5) is 13.2. The molecule has 156 valence electrons. The van der Waals surface area contributed by atoms with Crippen LogP contribution in [0.3, 0.4) is 0 Å². The van der Waals surface area contributed by atoms with Crippen LogP contribution in [0.4, 0.5) is 16.0 Å². The van der Waals surface area contributed by atoms with E-state index in [-0.39, 0.29) is 5.82 Å². The number of nitrogens with zero attached hydrogens (tertiary/aromatic N) is 6. The van der Waals surface area contributed by atoms with E-state index in [0.29, 0.717) is 17.2 Å². The number of rotatable bonds is 7. The molecule has 0 aliphatic rings. The van der Waals surface area contributed by atoms with Crippen LogP contribution in [0.25, 0.3) is 16.8 Å². The Hall–Kier alpha value is -2.70. The van der Waals surface area contributed by atoms with Crippen molar-refractivity contribution in [2.24, 2.45) is 0 Å². The molecule has 0 N–H and O–H groups in total. The Kier molecular flexibility index (Phi) is 6.05. The molecule has 3 heterocycles. The Morgan fingerprint density at radius 1 is 1.03 bits per heavy atom. The Morgan fingerprint density at radius 3 is 2.24 bits per heavy atom. The lowest BCUT2D eigenvalue weighted by molar-refractivity contribution is 0.578. The SMILES string of the molecule is CCCN(CCC)c1c(F)c(C)nc2c(-c3cnc(N(C)C)cc3C)c(C)nn12. The summed E-state index contributed by atoms with van der Waals surface area (Å²) in [6.07, 6.45) is 3.74. The van der Waals surface area contributed by atoms with E-state index in [4.69, 9.17) is 5.10 Å². The van der Waals surface area contributed by atoms with Crippen molar-refractivity contribution in [1.82, 2.24) is 19.6 Å². The molecule has 0 saturated heterocycles.